The molecule has 9 heteroatoms. The summed E-state index contributed by atoms with van der Waals surface area (Å²) in [6, 6.07) is 12.1. The van der Waals surface area contributed by atoms with Crippen molar-refractivity contribution in [2.24, 2.45) is 0 Å². The molecule has 0 spiro atoms. The number of ether oxygens (including phenoxy) is 1. The summed E-state index contributed by atoms with van der Waals surface area (Å²) in [5, 5.41) is 14.6. The number of aromatic hydroxyl groups is 1. The van der Waals surface area contributed by atoms with E-state index in [-0.39, 0.29) is 16.9 Å². The van der Waals surface area contributed by atoms with Gasteiger partial charge in [-0.1, -0.05) is 35.3 Å². The van der Waals surface area contributed by atoms with Crippen molar-refractivity contribution in [1.29, 1.82) is 0 Å². The number of aromatic nitrogens is 3. The van der Waals surface area contributed by atoms with Crippen LogP contribution in [0.15, 0.2) is 53.5 Å². The molecule has 0 radical (unpaired) electrons. The Morgan fingerprint density at radius 2 is 1.75 bits per heavy atom. The van der Waals surface area contributed by atoms with Crippen LogP contribution in [-0.2, 0) is 11.3 Å². The summed E-state index contributed by atoms with van der Waals surface area (Å²) in [7, 11) is 0. The summed E-state index contributed by atoms with van der Waals surface area (Å²) in [6.07, 6.45) is 1.49. The number of nitrogens with one attached hydrogen (secondary N) is 1. The van der Waals surface area contributed by atoms with Gasteiger partial charge < -0.3 is 9.84 Å². The van der Waals surface area contributed by atoms with E-state index in [1.807, 2.05) is 24.3 Å². The van der Waals surface area contributed by atoms with E-state index >= 15 is 0 Å². The van der Waals surface area contributed by atoms with Crippen LogP contribution in [0.25, 0.3) is 27.9 Å². The van der Waals surface area contributed by atoms with E-state index < -0.39 is 0 Å². The van der Waals surface area contributed by atoms with Crippen molar-refractivity contribution in [3.05, 3.63) is 74.8 Å². The fraction of sp³-hybridized carbons (Fsp3) is 0.217. The molecule has 0 saturated carbocycles. The van der Waals surface area contributed by atoms with Crippen molar-refractivity contribution in [3.8, 4) is 28.0 Å². The largest absolute Gasteiger partial charge is 0.507 e. The third-order valence-electron chi connectivity index (χ3n) is 5.60. The van der Waals surface area contributed by atoms with E-state index in [9.17, 15) is 9.90 Å². The second-order valence-electron chi connectivity index (χ2n) is 7.66. The Balaban J connectivity index is 1.68. The van der Waals surface area contributed by atoms with Crippen molar-refractivity contribution in [3.63, 3.8) is 0 Å². The molecule has 0 bridgehead atoms. The van der Waals surface area contributed by atoms with Crippen LogP contribution in [0.5, 0.6) is 5.75 Å². The first-order valence-electron chi connectivity index (χ1n) is 10.2. The number of hydrogen-bond donors (Lipinski definition) is 2. The highest BCUT2D eigenvalue weighted by Crippen LogP contribution is 2.32. The molecule has 1 saturated heterocycles. The summed E-state index contributed by atoms with van der Waals surface area (Å²) in [6.45, 7) is 3.58. The van der Waals surface area contributed by atoms with E-state index in [2.05, 4.69) is 15.0 Å². The van der Waals surface area contributed by atoms with Crippen molar-refractivity contribution in [2.75, 3.05) is 26.3 Å². The SMILES string of the molecule is O=c1c(-c2ccc(Cl)cc2O)cnc2c(-c3ccc(Cl)cc3)c(CN3CCOCC3)[nH]n12. The van der Waals surface area contributed by atoms with Gasteiger partial charge in [0.25, 0.3) is 5.56 Å². The van der Waals surface area contributed by atoms with Crippen LogP contribution < -0.4 is 5.56 Å². The molecule has 0 atom stereocenters. The van der Waals surface area contributed by atoms with Crippen LogP contribution in [0.2, 0.25) is 10.0 Å². The fourth-order valence-electron chi connectivity index (χ4n) is 4.00. The van der Waals surface area contributed by atoms with Gasteiger partial charge in [-0.2, -0.15) is 0 Å². The highest BCUT2D eigenvalue weighted by atomic mass is 35.5. The van der Waals surface area contributed by atoms with Crippen LogP contribution >= 0.6 is 23.2 Å². The summed E-state index contributed by atoms with van der Waals surface area (Å²) >= 11 is 12.0. The maximum Gasteiger partial charge on any atom is 0.280 e. The van der Waals surface area contributed by atoms with E-state index in [1.165, 1.54) is 16.8 Å². The predicted molar refractivity (Wildman–Crippen MR) is 124 cm³/mol. The molecule has 2 N–H and O–H groups in total. The quantitative estimate of drug-likeness (QED) is 0.466. The van der Waals surface area contributed by atoms with E-state index in [0.29, 0.717) is 41.0 Å². The van der Waals surface area contributed by atoms with Gasteiger partial charge in [-0.05, 0) is 35.9 Å². The third kappa shape index (κ3) is 3.89. The zero-order valence-corrected chi connectivity index (χ0v) is 18.5. The second-order valence-corrected chi connectivity index (χ2v) is 8.53. The normalized spacial score (nSPS) is 14.8. The number of fused-ring (bicyclic) bond motifs is 1. The number of phenols is 1. The first kappa shape index (κ1) is 21.0. The van der Waals surface area contributed by atoms with E-state index in [0.717, 1.165) is 29.9 Å². The minimum atomic E-state index is -0.309. The number of hydrogen-bond acceptors (Lipinski definition) is 5. The summed E-state index contributed by atoms with van der Waals surface area (Å²) < 4.78 is 6.89. The lowest BCUT2D eigenvalue weighted by molar-refractivity contribution is 0.0337. The molecule has 164 valence electrons. The van der Waals surface area contributed by atoms with Gasteiger partial charge in [0.1, 0.15) is 5.75 Å². The third-order valence-corrected chi connectivity index (χ3v) is 6.09. The highest BCUT2D eigenvalue weighted by molar-refractivity contribution is 6.31. The van der Waals surface area contributed by atoms with E-state index in [4.69, 9.17) is 27.9 Å². The predicted octanol–water partition coefficient (Wildman–Crippen LogP) is 4.20. The number of nitrogens with zero attached hydrogens (tertiary/aromatic N) is 3. The molecule has 2 aromatic heterocycles. The summed E-state index contributed by atoms with van der Waals surface area (Å²) in [5.41, 5.74) is 3.48. The average Bonchev–Trinajstić information content (AvgIpc) is 3.15. The zero-order valence-electron chi connectivity index (χ0n) is 17.0. The van der Waals surface area contributed by atoms with Crippen molar-refractivity contribution in [1.82, 2.24) is 19.5 Å². The first-order chi connectivity index (χ1) is 15.5. The topological polar surface area (TPSA) is 82.9 Å². The molecule has 1 aliphatic heterocycles. The average molecular weight is 471 g/mol. The maximum absolute atomic E-state index is 13.4. The Bertz CT molecular complexity index is 1340. The van der Waals surface area contributed by atoms with Crippen molar-refractivity contribution >= 4 is 28.8 Å². The Hall–Kier alpha value is -2.84. The molecule has 1 aliphatic rings. The molecule has 0 amide bonds. The van der Waals surface area contributed by atoms with Crippen LogP contribution in [-0.4, -0.2) is 50.9 Å². The Kier molecular flexibility index (Phi) is 5.65. The summed E-state index contributed by atoms with van der Waals surface area (Å²) in [4.78, 5) is 20.3. The number of benzene rings is 2. The molecular weight excluding hydrogens is 451 g/mol. The van der Waals surface area contributed by atoms with Crippen LogP contribution in [0.4, 0.5) is 0 Å². The molecule has 4 aromatic rings. The van der Waals surface area contributed by atoms with Gasteiger partial charge in [0.2, 0.25) is 0 Å². The molecule has 3 heterocycles. The smallest absolute Gasteiger partial charge is 0.280 e. The van der Waals surface area contributed by atoms with Gasteiger partial charge in [0, 0.05) is 47.0 Å². The Morgan fingerprint density at radius 1 is 1.03 bits per heavy atom. The molecule has 5 rings (SSSR count). The fourth-order valence-corrected chi connectivity index (χ4v) is 4.29. The molecular formula is C23H20Cl2N4O3. The van der Waals surface area contributed by atoms with Crippen molar-refractivity contribution < 1.29 is 9.84 Å². The van der Waals surface area contributed by atoms with Gasteiger partial charge in [0.15, 0.2) is 5.65 Å². The number of rotatable bonds is 4. The Morgan fingerprint density at radius 3 is 2.47 bits per heavy atom. The van der Waals surface area contributed by atoms with Gasteiger partial charge in [-0.15, -0.1) is 0 Å². The van der Waals surface area contributed by atoms with Gasteiger partial charge in [-0.3, -0.25) is 14.8 Å². The van der Waals surface area contributed by atoms with Crippen molar-refractivity contribution in [2.45, 2.75) is 6.54 Å². The minimum Gasteiger partial charge on any atom is -0.507 e. The number of morpholine rings is 1. The minimum absolute atomic E-state index is 0.0747. The molecule has 32 heavy (non-hydrogen) atoms. The monoisotopic (exact) mass is 470 g/mol. The van der Waals surface area contributed by atoms with Gasteiger partial charge in [-0.25, -0.2) is 9.50 Å². The summed E-state index contributed by atoms with van der Waals surface area (Å²) in [5.74, 6) is -0.0747. The van der Waals surface area contributed by atoms with E-state index in [1.54, 1.807) is 12.1 Å². The molecule has 2 aromatic carbocycles. The Labute approximate surface area is 193 Å². The van der Waals surface area contributed by atoms with Gasteiger partial charge >= 0.3 is 0 Å². The molecule has 1 fully saturated rings. The highest BCUT2D eigenvalue weighted by Gasteiger charge is 2.21. The van der Waals surface area contributed by atoms with Crippen LogP contribution in [0.3, 0.4) is 0 Å². The molecule has 0 unspecified atom stereocenters. The zero-order chi connectivity index (χ0) is 22.2. The lowest BCUT2D eigenvalue weighted by Crippen LogP contribution is -2.35. The van der Waals surface area contributed by atoms with Crippen LogP contribution in [0, 0.1) is 0 Å². The lowest BCUT2D eigenvalue weighted by Gasteiger charge is -2.26. The number of aromatic amines is 1. The molecule has 7 nitrogen and oxygen atoms in total. The molecule has 0 aliphatic carbocycles. The van der Waals surface area contributed by atoms with Gasteiger partial charge in [0.05, 0.1) is 24.5 Å². The number of H-pyrrole nitrogens is 1. The second kappa shape index (κ2) is 8.60. The number of halogens is 2. The van der Waals surface area contributed by atoms with Crippen LogP contribution in [0.1, 0.15) is 5.69 Å². The first-order valence-corrected chi connectivity index (χ1v) is 10.9. The standard InChI is InChI=1S/C23H20Cl2N4O3/c24-15-3-1-14(2-4-15)21-19(13-28-7-9-32-10-8-28)27-29-22(21)26-12-18(23(29)31)17-6-5-16(25)11-20(17)30/h1-6,11-12,27,30H,7-10,13H2. The number of phenolic OH excluding ortho intramolecular Hbond substituents is 1. The maximum atomic E-state index is 13.4. The lowest BCUT2D eigenvalue weighted by atomic mass is 10.0.